The molecule has 38 heavy (non-hydrogen) atoms. The topological polar surface area (TPSA) is 90.4 Å². The number of halogens is 4. The SMILES string of the molecule is Cc1noc(C)c1-c1cnc2c(c1)c(-c1c(Cl)cc(C(=O)O)cc1OC(F)(F)F)cn2C(C1CC1)C1CC1. The van der Waals surface area contributed by atoms with Gasteiger partial charge in [-0.25, -0.2) is 9.78 Å². The molecular weight excluding hydrogens is 523 g/mol. The van der Waals surface area contributed by atoms with Crippen molar-refractivity contribution in [3.05, 3.63) is 52.6 Å². The zero-order chi connectivity index (χ0) is 26.9. The zero-order valence-electron chi connectivity index (χ0n) is 20.5. The van der Waals surface area contributed by atoms with E-state index in [-0.39, 0.29) is 16.6 Å². The smallest absolute Gasteiger partial charge is 0.478 e. The van der Waals surface area contributed by atoms with Crippen molar-refractivity contribution < 1.29 is 32.3 Å². The highest BCUT2D eigenvalue weighted by molar-refractivity contribution is 6.34. The van der Waals surface area contributed by atoms with E-state index < -0.39 is 23.6 Å². The van der Waals surface area contributed by atoms with Crippen LogP contribution in [0.2, 0.25) is 5.02 Å². The van der Waals surface area contributed by atoms with E-state index in [1.165, 1.54) is 0 Å². The molecule has 1 N–H and O–H groups in total. The van der Waals surface area contributed by atoms with Gasteiger partial charge in [-0.15, -0.1) is 13.2 Å². The van der Waals surface area contributed by atoms with Gasteiger partial charge in [0.15, 0.2) is 0 Å². The van der Waals surface area contributed by atoms with E-state index in [2.05, 4.69) is 14.5 Å². The van der Waals surface area contributed by atoms with Gasteiger partial charge >= 0.3 is 12.3 Å². The standard InChI is InChI=1S/C27H23ClF3N3O4/c1-12-22(13(2)38-33-12)17-7-18-19(11-34(25(18)32-10-17)24(14-3-4-14)15-5-6-15)23-20(28)8-16(26(35)36)9-21(23)37-27(29,30)31/h7-11,14-15,24H,3-6H2,1-2H3,(H,35,36). The highest BCUT2D eigenvalue weighted by Gasteiger charge is 2.43. The van der Waals surface area contributed by atoms with Gasteiger partial charge in [-0.05, 0) is 69.6 Å². The Morgan fingerprint density at radius 2 is 1.84 bits per heavy atom. The first-order valence-electron chi connectivity index (χ1n) is 12.3. The zero-order valence-corrected chi connectivity index (χ0v) is 21.2. The Morgan fingerprint density at radius 1 is 1.16 bits per heavy atom. The maximum atomic E-state index is 13.5. The van der Waals surface area contributed by atoms with Crippen LogP contribution < -0.4 is 4.74 Å². The molecule has 2 aliphatic rings. The van der Waals surface area contributed by atoms with Crippen LogP contribution in [0.15, 0.2) is 35.1 Å². The quantitative estimate of drug-likeness (QED) is 0.257. The van der Waals surface area contributed by atoms with Gasteiger partial charge < -0.3 is 18.9 Å². The Morgan fingerprint density at radius 3 is 2.39 bits per heavy atom. The third kappa shape index (κ3) is 4.40. The second kappa shape index (κ2) is 8.76. The van der Waals surface area contributed by atoms with Crippen LogP contribution in [0.25, 0.3) is 33.3 Å². The van der Waals surface area contributed by atoms with Crippen molar-refractivity contribution in [2.75, 3.05) is 0 Å². The van der Waals surface area contributed by atoms with Gasteiger partial charge in [-0.3, -0.25) is 0 Å². The molecule has 11 heteroatoms. The Kier molecular flexibility index (Phi) is 5.71. The average Bonchev–Trinajstić information content (AvgIpc) is 3.76. The average molecular weight is 546 g/mol. The first-order valence-corrected chi connectivity index (χ1v) is 12.7. The third-order valence-electron chi connectivity index (χ3n) is 7.32. The van der Waals surface area contributed by atoms with Gasteiger partial charge in [0.1, 0.15) is 17.2 Å². The summed E-state index contributed by atoms with van der Waals surface area (Å²) < 4.78 is 52.1. The van der Waals surface area contributed by atoms with Crippen LogP contribution in [0.3, 0.4) is 0 Å². The van der Waals surface area contributed by atoms with Crippen LogP contribution in [0.1, 0.15) is 53.5 Å². The number of nitrogens with zero attached hydrogens (tertiary/aromatic N) is 3. The van der Waals surface area contributed by atoms with Gasteiger partial charge in [0.2, 0.25) is 0 Å². The Bertz CT molecular complexity index is 1550. The Labute approximate surface area is 220 Å². The Balaban J connectivity index is 1.63. The van der Waals surface area contributed by atoms with Crippen molar-refractivity contribution in [1.82, 2.24) is 14.7 Å². The predicted molar refractivity (Wildman–Crippen MR) is 133 cm³/mol. The number of aromatic nitrogens is 3. The molecule has 0 bridgehead atoms. The Hall–Kier alpha value is -3.53. The normalized spacial score (nSPS) is 16.0. The number of ether oxygens (including phenoxy) is 1. The minimum absolute atomic E-state index is 0.0409. The fourth-order valence-corrected chi connectivity index (χ4v) is 5.79. The summed E-state index contributed by atoms with van der Waals surface area (Å²) in [6.07, 6.45) is 2.80. The van der Waals surface area contributed by atoms with Crippen molar-refractivity contribution in [2.24, 2.45) is 11.8 Å². The van der Waals surface area contributed by atoms with Crippen LogP contribution in [0.5, 0.6) is 5.75 Å². The van der Waals surface area contributed by atoms with Crippen LogP contribution in [0.4, 0.5) is 13.2 Å². The minimum atomic E-state index is -5.06. The lowest BCUT2D eigenvalue weighted by atomic mass is 9.99. The van der Waals surface area contributed by atoms with Crippen molar-refractivity contribution in [3.8, 4) is 28.0 Å². The molecule has 0 saturated heterocycles. The molecule has 2 aliphatic carbocycles. The van der Waals surface area contributed by atoms with Gasteiger partial charge in [0.25, 0.3) is 0 Å². The summed E-state index contributed by atoms with van der Waals surface area (Å²) >= 11 is 6.51. The summed E-state index contributed by atoms with van der Waals surface area (Å²) in [5, 5.41) is 13.9. The van der Waals surface area contributed by atoms with Crippen molar-refractivity contribution in [2.45, 2.75) is 51.9 Å². The maximum absolute atomic E-state index is 13.5. The second-order valence-corrected chi connectivity index (χ2v) is 10.5. The highest BCUT2D eigenvalue weighted by atomic mass is 35.5. The molecule has 0 atom stereocenters. The number of carbonyl (C=O) groups is 1. The van der Waals surface area contributed by atoms with Crippen molar-refractivity contribution in [1.29, 1.82) is 0 Å². The minimum Gasteiger partial charge on any atom is -0.478 e. The van der Waals surface area contributed by atoms with E-state index in [1.807, 2.05) is 6.07 Å². The van der Waals surface area contributed by atoms with Gasteiger partial charge in [0, 0.05) is 46.1 Å². The molecule has 0 amide bonds. The van der Waals surface area contributed by atoms with Crippen molar-refractivity contribution in [3.63, 3.8) is 0 Å². The molecular formula is C27H23ClF3N3O4. The number of alkyl halides is 3. The largest absolute Gasteiger partial charge is 0.573 e. The van der Waals surface area contributed by atoms with Crippen LogP contribution in [-0.4, -0.2) is 32.1 Å². The lowest BCUT2D eigenvalue weighted by Gasteiger charge is -2.19. The van der Waals surface area contributed by atoms with Crippen LogP contribution in [0, 0.1) is 25.7 Å². The fourth-order valence-electron chi connectivity index (χ4n) is 5.48. The molecule has 198 valence electrons. The third-order valence-corrected chi connectivity index (χ3v) is 7.62. The lowest BCUT2D eigenvalue weighted by Crippen LogP contribution is -2.18. The number of fused-ring (bicyclic) bond motifs is 1. The van der Waals surface area contributed by atoms with Crippen molar-refractivity contribution >= 4 is 28.6 Å². The molecule has 7 nitrogen and oxygen atoms in total. The number of benzene rings is 1. The molecule has 6 rings (SSSR count). The summed E-state index contributed by atoms with van der Waals surface area (Å²) in [4.78, 5) is 16.4. The van der Waals surface area contributed by atoms with E-state index >= 15 is 0 Å². The summed E-state index contributed by atoms with van der Waals surface area (Å²) in [6.45, 7) is 3.58. The molecule has 2 saturated carbocycles. The fraction of sp³-hybridized carbons (Fsp3) is 0.370. The number of pyridine rings is 1. The number of hydrogen-bond acceptors (Lipinski definition) is 5. The number of carboxylic acids is 1. The number of aromatic carboxylic acids is 1. The van der Waals surface area contributed by atoms with E-state index in [1.54, 1.807) is 26.2 Å². The second-order valence-electron chi connectivity index (χ2n) is 10.1. The number of rotatable bonds is 7. The van der Waals surface area contributed by atoms with E-state index in [0.717, 1.165) is 43.4 Å². The molecule has 0 radical (unpaired) electrons. The molecule has 4 aromatic rings. The van der Waals surface area contributed by atoms with E-state index in [9.17, 15) is 23.1 Å². The highest BCUT2D eigenvalue weighted by Crippen LogP contribution is 2.54. The summed E-state index contributed by atoms with van der Waals surface area (Å²) in [6, 6.07) is 4.01. The predicted octanol–water partition coefficient (Wildman–Crippen LogP) is 7.59. The number of hydrogen-bond donors (Lipinski definition) is 1. The van der Waals surface area contributed by atoms with Gasteiger partial charge in [-0.1, -0.05) is 16.8 Å². The van der Waals surface area contributed by atoms with Crippen LogP contribution in [-0.2, 0) is 0 Å². The lowest BCUT2D eigenvalue weighted by molar-refractivity contribution is -0.274. The van der Waals surface area contributed by atoms with Crippen LogP contribution >= 0.6 is 11.6 Å². The first-order chi connectivity index (χ1) is 18.0. The molecule has 2 fully saturated rings. The number of carboxylic acid groups (broad SMARTS) is 1. The molecule has 3 aromatic heterocycles. The molecule has 0 aliphatic heterocycles. The van der Waals surface area contributed by atoms with E-state index in [0.29, 0.717) is 45.5 Å². The first kappa shape index (κ1) is 24.8. The van der Waals surface area contributed by atoms with Gasteiger partial charge in [-0.2, -0.15) is 0 Å². The van der Waals surface area contributed by atoms with Gasteiger partial charge in [0.05, 0.1) is 16.3 Å². The van der Waals surface area contributed by atoms with E-state index in [4.69, 9.17) is 21.1 Å². The maximum Gasteiger partial charge on any atom is 0.573 e. The number of aryl methyl sites for hydroxylation is 2. The monoisotopic (exact) mass is 545 g/mol. The summed E-state index contributed by atoms with van der Waals surface area (Å²) in [7, 11) is 0. The molecule has 0 spiro atoms. The molecule has 3 heterocycles. The molecule has 1 aromatic carbocycles. The summed E-state index contributed by atoms with van der Waals surface area (Å²) in [5.74, 6) is -0.559. The summed E-state index contributed by atoms with van der Waals surface area (Å²) in [5.41, 5.74) is 2.65. The molecule has 0 unspecified atom stereocenters.